The van der Waals surface area contributed by atoms with Gasteiger partial charge in [0.2, 0.25) is 6.33 Å². The van der Waals surface area contributed by atoms with Crippen molar-refractivity contribution < 1.29 is 4.92 Å². The molecule has 0 bridgehead atoms. The van der Waals surface area contributed by atoms with Gasteiger partial charge in [-0.3, -0.25) is 9.88 Å². The van der Waals surface area contributed by atoms with E-state index in [1.807, 2.05) is 30.4 Å². The van der Waals surface area contributed by atoms with Crippen molar-refractivity contribution in [1.82, 2.24) is 14.9 Å². The molecule has 6 nitrogen and oxygen atoms in total. The van der Waals surface area contributed by atoms with Crippen LogP contribution in [0.1, 0.15) is 20.8 Å². The number of nitro groups is 1. The van der Waals surface area contributed by atoms with E-state index in [9.17, 15) is 10.1 Å². The Balaban J connectivity index is 2.44. The van der Waals surface area contributed by atoms with Crippen LogP contribution < -0.4 is 5.32 Å². The second kappa shape index (κ2) is 5.88. The van der Waals surface area contributed by atoms with Crippen LogP contribution in [0.3, 0.4) is 0 Å². The fourth-order valence-corrected chi connectivity index (χ4v) is 2.44. The quantitative estimate of drug-likeness (QED) is 0.515. The number of hydrogen-bond acceptors (Lipinski definition) is 4. The van der Waals surface area contributed by atoms with Gasteiger partial charge in [0.05, 0.1) is 0 Å². The number of rotatable bonds is 5. The molecular weight excluding hydrogens is 280 g/mol. The van der Waals surface area contributed by atoms with Gasteiger partial charge in [-0.05, 0) is 21.4 Å². The smallest absolute Gasteiger partial charge is 0.358 e. The molecule has 1 aliphatic carbocycles. The lowest BCUT2D eigenvalue weighted by atomic mass is 9.86. The van der Waals surface area contributed by atoms with E-state index in [1.54, 1.807) is 4.57 Å². The van der Waals surface area contributed by atoms with Gasteiger partial charge in [0.15, 0.2) is 0 Å². The number of aromatic nitrogens is 2. The van der Waals surface area contributed by atoms with Crippen LogP contribution in [0.5, 0.6) is 0 Å². The Morgan fingerprint density at radius 2 is 2.27 bits per heavy atom. The third-order valence-electron chi connectivity index (χ3n) is 3.63. The average molecular weight is 302 g/mol. The summed E-state index contributed by atoms with van der Waals surface area (Å²) in [4.78, 5) is 14.3. The lowest BCUT2D eigenvalue weighted by Crippen LogP contribution is -2.53. The fourth-order valence-electron chi connectivity index (χ4n) is 2.44. The van der Waals surface area contributed by atoms with Gasteiger partial charge in [0.25, 0.3) is 0 Å². The summed E-state index contributed by atoms with van der Waals surface area (Å²) in [6.07, 6.45) is 12.7. The minimum atomic E-state index is -0.634. The lowest BCUT2D eigenvalue weighted by Gasteiger charge is -2.40. The molecule has 0 aliphatic heterocycles. The molecule has 1 aliphatic rings. The van der Waals surface area contributed by atoms with E-state index in [4.69, 9.17) is 0 Å². The summed E-state index contributed by atoms with van der Waals surface area (Å²) < 4.78 is 1.75. The molecule has 1 aromatic rings. The zero-order valence-corrected chi connectivity index (χ0v) is 13.2. The summed E-state index contributed by atoms with van der Waals surface area (Å²) in [5.74, 6) is -0.198. The molecule has 1 unspecified atom stereocenters. The Morgan fingerprint density at radius 1 is 1.55 bits per heavy atom. The molecule has 0 amide bonds. The minimum Gasteiger partial charge on any atom is -0.358 e. The molecule has 0 radical (unpaired) electrons. The fraction of sp³-hybridized carbons (Fsp3) is 0.438. The SMILES string of the molecule is C=C[C@@H]1C=CC=CC1(NCC(C)(C)C)n1cnc([N+](=O)[O-])c1. The first-order valence-corrected chi connectivity index (χ1v) is 7.21. The van der Waals surface area contributed by atoms with Crippen LogP contribution in [-0.2, 0) is 5.66 Å². The summed E-state index contributed by atoms with van der Waals surface area (Å²) in [7, 11) is 0. The van der Waals surface area contributed by atoms with E-state index in [1.165, 1.54) is 12.5 Å². The monoisotopic (exact) mass is 302 g/mol. The predicted octanol–water partition coefficient (Wildman–Crippen LogP) is 3.01. The van der Waals surface area contributed by atoms with Crippen LogP contribution in [0.25, 0.3) is 0 Å². The second-order valence-corrected chi connectivity index (χ2v) is 6.64. The van der Waals surface area contributed by atoms with Gasteiger partial charge in [-0.1, -0.05) is 45.1 Å². The van der Waals surface area contributed by atoms with E-state index in [0.29, 0.717) is 0 Å². The highest BCUT2D eigenvalue weighted by Gasteiger charge is 2.38. The van der Waals surface area contributed by atoms with Gasteiger partial charge in [-0.2, -0.15) is 0 Å². The molecule has 1 aromatic heterocycles. The molecule has 1 heterocycles. The van der Waals surface area contributed by atoms with Gasteiger partial charge in [0, 0.05) is 12.5 Å². The van der Waals surface area contributed by atoms with Gasteiger partial charge in [-0.25, -0.2) is 0 Å². The summed E-state index contributed by atoms with van der Waals surface area (Å²) >= 11 is 0. The maximum atomic E-state index is 10.9. The zero-order chi connectivity index (χ0) is 16.4. The maximum Gasteiger partial charge on any atom is 0.381 e. The molecule has 0 saturated carbocycles. The number of allylic oxidation sites excluding steroid dienone is 2. The van der Waals surface area contributed by atoms with Crippen LogP contribution in [0.2, 0.25) is 0 Å². The summed E-state index contributed by atoms with van der Waals surface area (Å²) in [6.45, 7) is 11.0. The van der Waals surface area contributed by atoms with Crippen LogP contribution in [0, 0.1) is 21.4 Å². The molecule has 0 fully saturated rings. The first-order valence-electron chi connectivity index (χ1n) is 7.21. The van der Waals surface area contributed by atoms with E-state index in [0.717, 1.165) is 6.54 Å². The van der Waals surface area contributed by atoms with Crippen molar-refractivity contribution in [1.29, 1.82) is 0 Å². The van der Waals surface area contributed by atoms with E-state index >= 15 is 0 Å². The van der Waals surface area contributed by atoms with Gasteiger partial charge >= 0.3 is 5.82 Å². The molecule has 0 aromatic carbocycles. The van der Waals surface area contributed by atoms with Crippen molar-refractivity contribution in [3.63, 3.8) is 0 Å². The number of nitrogens with zero attached hydrogens (tertiary/aromatic N) is 3. The number of nitrogens with one attached hydrogen (secondary N) is 1. The minimum absolute atomic E-state index is 0.0337. The third kappa shape index (κ3) is 3.17. The van der Waals surface area contributed by atoms with Crippen molar-refractivity contribution in [3.8, 4) is 0 Å². The van der Waals surface area contributed by atoms with Crippen LogP contribution in [-0.4, -0.2) is 21.0 Å². The van der Waals surface area contributed by atoms with Crippen molar-refractivity contribution in [3.05, 3.63) is 59.6 Å². The number of imidazole rings is 1. The summed E-state index contributed by atoms with van der Waals surface area (Å²) in [5.41, 5.74) is -0.564. The van der Waals surface area contributed by atoms with Crippen molar-refractivity contribution in [2.24, 2.45) is 11.3 Å². The molecule has 2 atom stereocenters. The Morgan fingerprint density at radius 3 is 2.82 bits per heavy atom. The second-order valence-electron chi connectivity index (χ2n) is 6.64. The number of hydrogen-bond donors (Lipinski definition) is 1. The first kappa shape index (κ1) is 16.2. The van der Waals surface area contributed by atoms with E-state index < -0.39 is 10.6 Å². The Labute approximate surface area is 130 Å². The highest BCUT2D eigenvalue weighted by Crippen LogP contribution is 2.32. The summed E-state index contributed by atoms with van der Waals surface area (Å²) in [6, 6.07) is 0. The molecule has 1 N–H and O–H groups in total. The van der Waals surface area contributed by atoms with Crippen LogP contribution in [0.4, 0.5) is 5.82 Å². The van der Waals surface area contributed by atoms with Gasteiger partial charge in [0.1, 0.15) is 11.9 Å². The lowest BCUT2D eigenvalue weighted by molar-refractivity contribution is -0.389. The van der Waals surface area contributed by atoms with Crippen molar-refractivity contribution in [2.45, 2.75) is 26.4 Å². The Hall–Kier alpha value is -2.21. The van der Waals surface area contributed by atoms with Crippen molar-refractivity contribution in [2.75, 3.05) is 6.54 Å². The molecule has 6 heteroatoms. The van der Waals surface area contributed by atoms with Crippen LogP contribution >= 0.6 is 0 Å². The topological polar surface area (TPSA) is 73.0 Å². The van der Waals surface area contributed by atoms with Crippen molar-refractivity contribution >= 4 is 5.82 Å². The molecule has 0 saturated heterocycles. The zero-order valence-electron chi connectivity index (χ0n) is 13.2. The molecule has 0 spiro atoms. The standard InChI is InChI=1S/C16H22N4O2/c1-5-13-8-6-7-9-16(13,18-11-15(2,3)4)19-10-14(17-12-19)20(21)22/h5-10,12-13,18H,1,11H2,2-4H3/t13-,16?/m1/s1. The molecular formula is C16H22N4O2. The summed E-state index contributed by atoms with van der Waals surface area (Å²) in [5, 5.41) is 14.5. The third-order valence-corrected chi connectivity index (χ3v) is 3.63. The largest absolute Gasteiger partial charge is 0.381 e. The Bertz CT molecular complexity index is 624. The first-order chi connectivity index (χ1) is 10.3. The van der Waals surface area contributed by atoms with Crippen LogP contribution in [0.15, 0.2) is 49.5 Å². The van der Waals surface area contributed by atoms with E-state index in [2.05, 4.69) is 37.7 Å². The predicted molar refractivity (Wildman–Crippen MR) is 86.3 cm³/mol. The van der Waals surface area contributed by atoms with E-state index in [-0.39, 0.29) is 17.2 Å². The van der Waals surface area contributed by atoms with Gasteiger partial charge in [-0.15, -0.1) is 6.58 Å². The highest BCUT2D eigenvalue weighted by atomic mass is 16.6. The average Bonchev–Trinajstić information content (AvgIpc) is 2.95. The highest BCUT2D eigenvalue weighted by molar-refractivity contribution is 5.28. The maximum absolute atomic E-state index is 10.9. The normalized spacial score (nSPS) is 24.4. The van der Waals surface area contributed by atoms with Gasteiger partial charge < -0.3 is 10.1 Å². The molecule has 22 heavy (non-hydrogen) atoms. The molecule has 2 rings (SSSR count). The Kier molecular flexibility index (Phi) is 4.32. The molecule has 118 valence electrons.